The van der Waals surface area contributed by atoms with E-state index in [1.165, 1.54) is 83.7 Å². The molecule has 1 heterocycles. The van der Waals surface area contributed by atoms with Crippen molar-refractivity contribution < 1.29 is 4.58 Å². The van der Waals surface area contributed by atoms with E-state index < -0.39 is 0 Å². The summed E-state index contributed by atoms with van der Waals surface area (Å²) in [7, 11) is 2.16. The average molecular weight is 469 g/mol. The van der Waals surface area contributed by atoms with Crippen LogP contribution in [0.15, 0.2) is 46.2 Å². The molecule has 2 heteroatoms. The van der Waals surface area contributed by atoms with E-state index >= 15 is 0 Å². The van der Waals surface area contributed by atoms with E-state index in [0.717, 1.165) is 6.54 Å². The van der Waals surface area contributed by atoms with Crippen molar-refractivity contribution in [3.63, 3.8) is 0 Å². The molecule has 0 bridgehead atoms. The Kier molecular flexibility index (Phi) is 7.65. The van der Waals surface area contributed by atoms with E-state index in [4.69, 9.17) is 0 Å². The molecule has 2 aromatic carbocycles. The SMILES string of the molecule is CC(=CN(C)c1cc(C)c(C)c(C)c1C)/C(C)=C(\C)C(C)=C1[C-]=[N+](c2cc(C)c(C)c(C)c2C)C1. The van der Waals surface area contributed by atoms with Crippen LogP contribution >= 0.6 is 0 Å². The van der Waals surface area contributed by atoms with E-state index in [9.17, 15) is 0 Å². The lowest BCUT2D eigenvalue weighted by molar-refractivity contribution is -0.445. The molecule has 0 spiro atoms. The predicted octanol–water partition coefficient (Wildman–Crippen LogP) is 8.45. The van der Waals surface area contributed by atoms with Gasteiger partial charge in [-0.2, -0.15) is 0 Å². The summed E-state index contributed by atoms with van der Waals surface area (Å²) in [5, 5.41) is 0. The van der Waals surface area contributed by atoms with Gasteiger partial charge in [-0.25, -0.2) is 0 Å². The summed E-state index contributed by atoms with van der Waals surface area (Å²) >= 11 is 0. The molecule has 1 aliphatic heterocycles. The van der Waals surface area contributed by atoms with Crippen LogP contribution in [0.1, 0.15) is 72.2 Å². The van der Waals surface area contributed by atoms with Crippen LogP contribution in [-0.2, 0) is 0 Å². The Hall–Kier alpha value is -2.87. The molecule has 2 aromatic rings. The Morgan fingerprint density at radius 2 is 1.26 bits per heavy atom. The molecule has 0 N–H and O–H groups in total. The summed E-state index contributed by atoms with van der Waals surface area (Å²) in [4.78, 5) is 2.28. The van der Waals surface area contributed by atoms with Gasteiger partial charge in [0.2, 0.25) is 0 Å². The number of allylic oxidation sites excluding steroid dienone is 4. The van der Waals surface area contributed by atoms with Gasteiger partial charge in [0.15, 0.2) is 0 Å². The molecule has 1 aliphatic rings. The van der Waals surface area contributed by atoms with Crippen molar-refractivity contribution in [1.29, 1.82) is 0 Å². The van der Waals surface area contributed by atoms with Crippen molar-refractivity contribution in [2.24, 2.45) is 0 Å². The van der Waals surface area contributed by atoms with Gasteiger partial charge in [0.1, 0.15) is 18.4 Å². The molecule has 0 amide bonds. The summed E-state index contributed by atoms with van der Waals surface area (Å²) in [6.45, 7) is 27.6. The zero-order valence-electron chi connectivity index (χ0n) is 24.3. The third-order valence-electron chi connectivity index (χ3n) is 8.72. The number of aryl methyl sites for hydroxylation is 2. The molecule has 35 heavy (non-hydrogen) atoms. The fraction of sp³-hybridized carbons (Fsp3) is 0.424. The Morgan fingerprint density at radius 3 is 1.83 bits per heavy atom. The van der Waals surface area contributed by atoms with E-state index in [2.05, 4.69) is 124 Å². The van der Waals surface area contributed by atoms with Crippen LogP contribution in [0.4, 0.5) is 11.4 Å². The standard InChI is InChI=1S/C33H44N2/c1-19-14-32(29(11)26(8)22(19)4)34(13)16-21(3)24(6)25(7)28(10)31-17-35(18-31)33-15-20(2)23(5)27(9)30(33)12/h14-16H,17H2,1-13H3/b21-16?,25-24+,31-28?. The van der Waals surface area contributed by atoms with Crippen molar-refractivity contribution in [3.05, 3.63) is 90.7 Å². The fourth-order valence-electron chi connectivity index (χ4n) is 4.94. The van der Waals surface area contributed by atoms with Crippen molar-refractivity contribution in [1.82, 2.24) is 0 Å². The van der Waals surface area contributed by atoms with Crippen LogP contribution in [0.5, 0.6) is 0 Å². The van der Waals surface area contributed by atoms with Crippen LogP contribution in [0, 0.1) is 55.4 Å². The Morgan fingerprint density at radius 1 is 0.743 bits per heavy atom. The largest absolute Gasteiger partial charge is 0.351 e. The zero-order chi connectivity index (χ0) is 26.4. The van der Waals surface area contributed by atoms with E-state index in [1.807, 2.05) is 0 Å². The maximum atomic E-state index is 3.63. The lowest BCUT2D eigenvalue weighted by atomic mass is 9.92. The molecule has 0 saturated carbocycles. The summed E-state index contributed by atoms with van der Waals surface area (Å²) in [5.74, 6) is 0. The Bertz CT molecular complexity index is 1330. The summed E-state index contributed by atoms with van der Waals surface area (Å²) in [6.07, 6.45) is 5.90. The van der Waals surface area contributed by atoms with Crippen LogP contribution in [-0.4, -0.2) is 24.4 Å². The fourth-order valence-corrected chi connectivity index (χ4v) is 4.94. The van der Waals surface area contributed by atoms with E-state index in [0.29, 0.717) is 0 Å². The molecular weight excluding hydrogens is 424 g/mol. The number of hydrogen-bond donors (Lipinski definition) is 0. The highest BCUT2D eigenvalue weighted by Crippen LogP contribution is 2.32. The second-order valence-corrected chi connectivity index (χ2v) is 10.6. The molecule has 0 unspecified atom stereocenters. The highest BCUT2D eigenvalue weighted by atomic mass is 15.1. The first kappa shape index (κ1) is 26.7. The minimum atomic E-state index is 0.920. The molecule has 2 nitrogen and oxygen atoms in total. The van der Waals surface area contributed by atoms with Gasteiger partial charge < -0.3 is 9.48 Å². The second-order valence-electron chi connectivity index (χ2n) is 10.6. The Balaban J connectivity index is 1.91. The number of nitrogens with zero attached hydrogens (tertiary/aromatic N) is 2. The van der Waals surface area contributed by atoms with E-state index in [1.54, 1.807) is 0 Å². The van der Waals surface area contributed by atoms with Gasteiger partial charge in [0.25, 0.3) is 0 Å². The van der Waals surface area contributed by atoms with Crippen LogP contribution in [0.3, 0.4) is 0 Å². The first-order valence-corrected chi connectivity index (χ1v) is 12.7. The topological polar surface area (TPSA) is 6.25 Å². The minimum Gasteiger partial charge on any atom is -0.351 e. The quantitative estimate of drug-likeness (QED) is 0.242. The smallest absolute Gasteiger partial charge is 0.135 e. The first-order valence-electron chi connectivity index (χ1n) is 12.7. The van der Waals surface area contributed by atoms with Crippen molar-refractivity contribution in [2.45, 2.75) is 83.1 Å². The average Bonchev–Trinajstić information content (AvgIpc) is 2.79. The monoisotopic (exact) mass is 468 g/mol. The predicted molar refractivity (Wildman–Crippen MR) is 154 cm³/mol. The molecule has 186 valence electrons. The number of rotatable bonds is 5. The third-order valence-corrected chi connectivity index (χ3v) is 8.72. The molecular formula is C33H44N2. The Labute approximate surface area is 214 Å². The van der Waals surface area contributed by atoms with E-state index in [-0.39, 0.29) is 0 Å². The van der Waals surface area contributed by atoms with Gasteiger partial charge in [-0.1, -0.05) is 36.1 Å². The number of anilines is 1. The zero-order valence-corrected chi connectivity index (χ0v) is 24.3. The molecule has 3 rings (SSSR count). The second kappa shape index (κ2) is 10.0. The van der Waals surface area contributed by atoms with Crippen LogP contribution in [0.2, 0.25) is 0 Å². The molecule has 0 aromatic heterocycles. The maximum absolute atomic E-state index is 3.63. The molecule has 0 aliphatic carbocycles. The molecule has 0 atom stereocenters. The van der Waals surface area contributed by atoms with Gasteiger partial charge in [0.05, 0.1) is 0 Å². The summed E-state index contributed by atoms with van der Waals surface area (Å²) < 4.78 is 2.28. The van der Waals surface area contributed by atoms with Crippen LogP contribution in [0.25, 0.3) is 0 Å². The molecule has 0 saturated heterocycles. The first-order chi connectivity index (χ1) is 16.3. The summed E-state index contributed by atoms with van der Waals surface area (Å²) in [6, 6.07) is 4.62. The highest BCUT2D eigenvalue weighted by Gasteiger charge is 2.21. The van der Waals surface area contributed by atoms with Crippen molar-refractivity contribution in [3.8, 4) is 0 Å². The molecule has 0 radical (unpaired) electrons. The molecule has 0 fully saturated rings. The van der Waals surface area contributed by atoms with Gasteiger partial charge in [-0.05, 0) is 126 Å². The van der Waals surface area contributed by atoms with Crippen molar-refractivity contribution in [2.75, 3.05) is 18.5 Å². The van der Waals surface area contributed by atoms with Crippen molar-refractivity contribution >= 4 is 17.6 Å². The van der Waals surface area contributed by atoms with Gasteiger partial charge >= 0.3 is 0 Å². The summed E-state index contributed by atoms with van der Waals surface area (Å²) in [5.41, 5.74) is 20.2. The lowest BCUT2D eigenvalue weighted by Gasteiger charge is -2.27. The lowest BCUT2D eigenvalue weighted by Crippen LogP contribution is -2.26. The maximum Gasteiger partial charge on any atom is 0.135 e. The normalized spacial score (nSPS) is 16.0. The minimum absolute atomic E-state index is 0.920. The number of benzene rings is 2. The highest BCUT2D eigenvalue weighted by molar-refractivity contribution is 5.83. The number of hydrogen-bond acceptors (Lipinski definition) is 1. The third kappa shape index (κ3) is 4.94. The van der Waals surface area contributed by atoms with Crippen LogP contribution < -0.4 is 4.90 Å². The van der Waals surface area contributed by atoms with Gasteiger partial charge in [-0.3, -0.25) is 0 Å². The van der Waals surface area contributed by atoms with Gasteiger partial charge in [0, 0.05) is 18.9 Å². The van der Waals surface area contributed by atoms with Gasteiger partial charge in [-0.15, -0.1) is 5.57 Å².